The molecule has 1 aromatic carbocycles. The van der Waals surface area contributed by atoms with E-state index in [9.17, 15) is 5.11 Å². The van der Waals surface area contributed by atoms with Gasteiger partial charge in [-0.2, -0.15) is 0 Å². The molecule has 2 N–H and O–H groups in total. The van der Waals surface area contributed by atoms with E-state index < -0.39 is 0 Å². The maximum atomic E-state index is 9.18. The molecule has 124 valence electrons. The summed E-state index contributed by atoms with van der Waals surface area (Å²) in [6.07, 6.45) is 6.71. The minimum atomic E-state index is 0. The third-order valence-corrected chi connectivity index (χ3v) is 4.02. The molecule has 4 nitrogen and oxygen atoms in total. The molecule has 1 aliphatic rings. The predicted molar refractivity (Wildman–Crippen MR) is 93.2 cm³/mol. The molecule has 0 bridgehead atoms. The lowest BCUT2D eigenvalue weighted by Crippen LogP contribution is -2.46. The fourth-order valence-corrected chi connectivity index (χ4v) is 2.54. The Morgan fingerprint density at radius 2 is 1.91 bits per heavy atom. The van der Waals surface area contributed by atoms with E-state index in [4.69, 9.17) is 4.74 Å². The zero-order valence-electron chi connectivity index (χ0n) is 13.1. The summed E-state index contributed by atoms with van der Waals surface area (Å²) >= 11 is 0. The molecule has 0 unspecified atom stereocenters. The highest BCUT2D eigenvalue weighted by Crippen LogP contribution is 2.15. The minimum Gasteiger partial charge on any atom is -0.490 e. The summed E-state index contributed by atoms with van der Waals surface area (Å²) in [6, 6.07) is 10.6. The number of aryl methyl sites for hydroxylation is 2. The Morgan fingerprint density at radius 3 is 2.65 bits per heavy atom. The highest BCUT2D eigenvalue weighted by atomic mass is 35.5. The summed E-state index contributed by atoms with van der Waals surface area (Å²) in [5, 5.41) is 12.5. The van der Waals surface area contributed by atoms with E-state index in [1.54, 1.807) is 6.20 Å². The summed E-state index contributed by atoms with van der Waals surface area (Å²) < 4.78 is 5.78. The summed E-state index contributed by atoms with van der Waals surface area (Å²) in [5.41, 5.74) is 3.37. The van der Waals surface area contributed by atoms with Gasteiger partial charge in [0, 0.05) is 12.2 Å². The number of benzene rings is 1. The van der Waals surface area contributed by atoms with Gasteiger partial charge in [-0.05, 0) is 48.6 Å². The number of halogens is 1. The normalized spacial score (nSPS) is 16.3. The van der Waals surface area contributed by atoms with Crippen molar-refractivity contribution in [3.63, 3.8) is 0 Å². The van der Waals surface area contributed by atoms with Crippen LogP contribution in [0.1, 0.15) is 23.1 Å². The van der Waals surface area contributed by atoms with Gasteiger partial charge in [0.2, 0.25) is 0 Å². The first kappa shape index (κ1) is 17.7. The van der Waals surface area contributed by atoms with Crippen LogP contribution in [0.25, 0.3) is 0 Å². The van der Waals surface area contributed by atoms with Crippen molar-refractivity contribution in [2.75, 3.05) is 13.2 Å². The van der Waals surface area contributed by atoms with Crippen LogP contribution in [0.5, 0.6) is 5.75 Å². The number of nitrogens with zero attached hydrogens (tertiary/aromatic N) is 1. The highest BCUT2D eigenvalue weighted by molar-refractivity contribution is 5.85. The molecule has 0 radical (unpaired) electrons. The Labute approximate surface area is 143 Å². The van der Waals surface area contributed by atoms with Crippen LogP contribution in [-0.4, -0.2) is 29.3 Å². The summed E-state index contributed by atoms with van der Waals surface area (Å²) in [7, 11) is 0. The molecule has 1 aliphatic heterocycles. The molecule has 0 aliphatic carbocycles. The average Bonchev–Trinajstić information content (AvgIpc) is 2.52. The van der Waals surface area contributed by atoms with E-state index in [1.807, 2.05) is 18.3 Å². The largest absolute Gasteiger partial charge is 0.490 e. The van der Waals surface area contributed by atoms with Crippen LogP contribution < -0.4 is 10.1 Å². The number of ether oxygens (including phenoxy) is 1. The quantitative estimate of drug-likeness (QED) is 0.817. The highest BCUT2D eigenvalue weighted by Gasteiger charge is 2.16. The van der Waals surface area contributed by atoms with Gasteiger partial charge in [-0.1, -0.05) is 24.3 Å². The molecule has 1 saturated heterocycles. The Morgan fingerprint density at radius 1 is 1.13 bits per heavy atom. The predicted octanol–water partition coefficient (Wildman–Crippen LogP) is 2.52. The topological polar surface area (TPSA) is 54.4 Å². The van der Waals surface area contributed by atoms with Gasteiger partial charge in [-0.25, -0.2) is 0 Å². The maximum Gasteiger partial charge on any atom is 0.137 e. The van der Waals surface area contributed by atoms with Crippen LogP contribution in [0.2, 0.25) is 0 Å². The number of aromatic nitrogens is 1. The van der Waals surface area contributed by atoms with Crippen molar-refractivity contribution in [3.05, 3.63) is 59.4 Å². The number of nitrogens with one attached hydrogen (secondary N) is 1. The van der Waals surface area contributed by atoms with E-state index in [1.165, 1.54) is 17.5 Å². The van der Waals surface area contributed by atoms with E-state index >= 15 is 0 Å². The number of pyridine rings is 1. The maximum absolute atomic E-state index is 9.18. The molecule has 23 heavy (non-hydrogen) atoms. The van der Waals surface area contributed by atoms with E-state index in [0.717, 1.165) is 30.7 Å². The van der Waals surface area contributed by atoms with Crippen LogP contribution in [0.4, 0.5) is 0 Å². The van der Waals surface area contributed by atoms with Crippen LogP contribution >= 0.6 is 12.4 Å². The van der Waals surface area contributed by atoms with E-state index in [-0.39, 0.29) is 19.0 Å². The van der Waals surface area contributed by atoms with Gasteiger partial charge in [0.25, 0.3) is 0 Å². The van der Waals surface area contributed by atoms with Crippen LogP contribution in [0.3, 0.4) is 0 Å². The lowest BCUT2D eigenvalue weighted by molar-refractivity contribution is 0.217. The summed E-state index contributed by atoms with van der Waals surface area (Å²) in [5.74, 6) is 0.843. The zero-order chi connectivity index (χ0) is 15.2. The Bertz CT molecular complexity index is 617. The van der Waals surface area contributed by atoms with Gasteiger partial charge >= 0.3 is 0 Å². The third kappa shape index (κ3) is 5.20. The third-order valence-electron chi connectivity index (χ3n) is 4.02. The van der Waals surface area contributed by atoms with E-state index in [0.29, 0.717) is 12.6 Å². The van der Waals surface area contributed by atoms with Crippen molar-refractivity contribution in [2.45, 2.75) is 31.9 Å². The molecule has 0 spiro atoms. The Balaban J connectivity index is 0.00000192. The van der Waals surface area contributed by atoms with Crippen molar-refractivity contribution < 1.29 is 9.84 Å². The van der Waals surface area contributed by atoms with Gasteiger partial charge in [-0.3, -0.25) is 4.98 Å². The number of aliphatic hydroxyl groups is 1. The SMILES string of the molecule is Cl.OCc1cccc(CCc2cncc(OC[C@@H]3CCN3)c2)c1. The minimum absolute atomic E-state index is 0. The average molecular weight is 335 g/mol. The fraction of sp³-hybridized carbons (Fsp3) is 0.389. The molecule has 2 heterocycles. The van der Waals surface area contributed by atoms with Crippen LogP contribution in [-0.2, 0) is 19.4 Å². The molecule has 1 atom stereocenters. The second kappa shape index (κ2) is 8.87. The molecular weight excluding hydrogens is 312 g/mol. The molecule has 3 rings (SSSR count). The number of aliphatic hydroxyl groups excluding tert-OH is 1. The van der Waals surface area contributed by atoms with E-state index in [2.05, 4.69) is 28.5 Å². The molecular formula is C18H23ClN2O2. The number of hydrogen-bond donors (Lipinski definition) is 2. The van der Waals surface area contributed by atoms with Crippen LogP contribution in [0, 0.1) is 0 Å². The monoisotopic (exact) mass is 334 g/mol. The molecule has 5 heteroatoms. The first-order valence-corrected chi connectivity index (χ1v) is 7.82. The Hall–Kier alpha value is -1.62. The molecule has 0 saturated carbocycles. The van der Waals surface area contributed by atoms with Crippen molar-refractivity contribution in [1.82, 2.24) is 10.3 Å². The molecule has 0 amide bonds. The lowest BCUT2D eigenvalue weighted by Gasteiger charge is -2.27. The van der Waals surface area contributed by atoms with Gasteiger partial charge in [0.1, 0.15) is 12.4 Å². The number of hydrogen-bond acceptors (Lipinski definition) is 4. The zero-order valence-corrected chi connectivity index (χ0v) is 13.9. The summed E-state index contributed by atoms with van der Waals surface area (Å²) in [4.78, 5) is 4.27. The van der Waals surface area contributed by atoms with Crippen molar-refractivity contribution in [1.29, 1.82) is 0 Å². The van der Waals surface area contributed by atoms with Crippen molar-refractivity contribution >= 4 is 12.4 Å². The fourth-order valence-electron chi connectivity index (χ4n) is 2.54. The number of rotatable bonds is 7. The molecule has 2 aromatic rings. The second-order valence-electron chi connectivity index (χ2n) is 5.76. The second-order valence-corrected chi connectivity index (χ2v) is 5.76. The van der Waals surface area contributed by atoms with Crippen molar-refractivity contribution in [2.24, 2.45) is 0 Å². The van der Waals surface area contributed by atoms with Gasteiger partial charge in [0.15, 0.2) is 0 Å². The summed E-state index contributed by atoms with van der Waals surface area (Å²) in [6.45, 7) is 1.90. The van der Waals surface area contributed by atoms with Gasteiger partial charge < -0.3 is 15.2 Å². The van der Waals surface area contributed by atoms with Gasteiger partial charge in [0.05, 0.1) is 12.8 Å². The first-order chi connectivity index (χ1) is 10.8. The standard InChI is InChI=1S/C18H22N2O2.ClH/c21-12-16-3-1-2-14(8-16)4-5-15-9-18(11-19-10-15)22-13-17-6-7-20-17;/h1-3,8-11,17,20-21H,4-7,12-13H2;1H/t17-;/m0./s1. The van der Waals surface area contributed by atoms with Crippen LogP contribution in [0.15, 0.2) is 42.7 Å². The molecule has 1 aromatic heterocycles. The van der Waals surface area contributed by atoms with Gasteiger partial charge in [-0.15, -0.1) is 12.4 Å². The first-order valence-electron chi connectivity index (χ1n) is 7.82. The molecule has 1 fully saturated rings. The van der Waals surface area contributed by atoms with Crippen molar-refractivity contribution in [3.8, 4) is 5.75 Å². The lowest BCUT2D eigenvalue weighted by atomic mass is 10.0. The smallest absolute Gasteiger partial charge is 0.137 e. The Kier molecular flexibility index (Phi) is 6.84.